The maximum absolute atomic E-state index is 8.68. The van der Waals surface area contributed by atoms with Gasteiger partial charge in [0.05, 0.1) is 6.26 Å². The van der Waals surface area contributed by atoms with Gasteiger partial charge in [-0.25, -0.2) is 0 Å². The lowest BCUT2D eigenvalue weighted by Gasteiger charge is -2.20. The topological polar surface area (TPSA) is 29.5 Å². The van der Waals surface area contributed by atoms with E-state index in [2.05, 4.69) is 0 Å². The second-order valence-corrected chi connectivity index (χ2v) is 5.53. The molecule has 3 heteroatoms. The Hall–Kier alpha value is -0.283. The van der Waals surface area contributed by atoms with Gasteiger partial charge in [-0.05, 0) is 24.6 Å². The van der Waals surface area contributed by atoms with Crippen LogP contribution in [0.3, 0.4) is 0 Å². The molecule has 0 saturated carbocycles. The Morgan fingerprint density at radius 2 is 2.40 bits per heavy atom. The van der Waals surface area contributed by atoms with Gasteiger partial charge in [0.15, 0.2) is 0 Å². The average Bonchev–Trinajstić information content (AvgIpc) is 2.05. The van der Waals surface area contributed by atoms with Gasteiger partial charge in [0.25, 0.3) is 0 Å². The molecule has 1 atom stereocenters. The number of rotatable bonds is 1. The number of allylic oxidation sites excluding steroid dienone is 1. The Balaban J connectivity index is 2.39. The summed E-state index contributed by atoms with van der Waals surface area (Å²) in [4.78, 5) is 0. The van der Waals surface area contributed by atoms with Gasteiger partial charge in [0, 0.05) is 6.61 Å². The van der Waals surface area contributed by atoms with Gasteiger partial charge < -0.3 is 9.53 Å². The summed E-state index contributed by atoms with van der Waals surface area (Å²) in [5.41, 5.74) is 0. The van der Waals surface area contributed by atoms with Crippen molar-refractivity contribution in [3.8, 4) is 0 Å². The minimum absolute atomic E-state index is 0.905. The lowest BCUT2D eigenvalue weighted by atomic mass is 10.4. The fourth-order valence-electron chi connectivity index (χ4n) is 1.18. The second-order valence-electron chi connectivity index (χ2n) is 2.73. The van der Waals surface area contributed by atoms with Crippen molar-refractivity contribution in [2.45, 2.75) is 25.8 Å². The van der Waals surface area contributed by atoms with Crippen LogP contribution in [0.1, 0.15) is 19.8 Å². The lowest BCUT2D eigenvalue weighted by Crippen LogP contribution is -2.24. The van der Waals surface area contributed by atoms with Crippen LogP contribution >= 0.6 is 0 Å². The van der Waals surface area contributed by atoms with E-state index in [1.807, 2.05) is 6.92 Å². The zero-order chi connectivity index (χ0) is 7.40. The summed E-state index contributed by atoms with van der Waals surface area (Å²) < 4.78 is 5.54. The van der Waals surface area contributed by atoms with Gasteiger partial charge in [-0.15, -0.1) is 0 Å². The molecule has 0 aromatic carbocycles. The first-order valence-electron chi connectivity index (χ1n) is 3.77. The number of aliphatic hydroxyl groups excluding tert-OH is 1. The molecule has 0 radical (unpaired) electrons. The van der Waals surface area contributed by atoms with Crippen LogP contribution in [0.2, 0.25) is 6.04 Å². The van der Waals surface area contributed by atoms with Crippen molar-refractivity contribution in [1.82, 2.24) is 0 Å². The first kappa shape index (κ1) is 7.82. The fraction of sp³-hybridized carbons (Fsp3) is 0.714. The normalized spacial score (nSPS) is 28.5. The molecule has 1 unspecified atom stereocenters. The first-order chi connectivity index (χ1) is 4.84. The van der Waals surface area contributed by atoms with Crippen LogP contribution in [-0.4, -0.2) is 20.8 Å². The predicted molar refractivity (Wildman–Crippen MR) is 43.5 cm³/mol. The van der Waals surface area contributed by atoms with E-state index in [1.54, 1.807) is 0 Å². The number of hydrogen-bond donors (Lipinski definition) is 1. The Bertz CT molecular complexity index is 128. The summed E-state index contributed by atoms with van der Waals surface area (Å²) >= 11 is 0. The Morgan fingerprint density at radius 1 is 1.60 bits per heavy atom. The molecule has 0 aromatic heterocycles. The van der Waals surface area contributed by atoms with Gasteiger partial charge in [0.1, 0.15) is 0 Å². The molecule has 1 aliphatic rings. The minimum Gasteiger partial charge on any atom is -0.516 e. The van der Waals surface area contributed by atoms with Gasteiger partial charge in [0.2, 0.25) is 9.04 Å². The lowest BCUT2D eigenvalue weighted by molar-refractivity contribution is 0.291. The molecular weight excluding hydrogens is 144 g/mol. The van der Waals surface area contributed by atoms with Crippen LogP contribution in [-0.2, 0) is 4.43 Å². The molecule has 0 bridgehead atoms. The zero-order valence-corrected chi connectivity index (χ0v) is 7.49. The highest BCUT2D eigenvalue weighted by Crippen LogP contribution is 2.15. The zero-order valence-electron chi connectivity index (χ0n) is 6.34. The van der Waals surface area contributed by atoms with Gasteiger partial charge >= 0.3 is 0 Å². The van der Waals surface area contributed by atoms with Crippen LogP contribution < -0.4 is 0 Å². The third kappa shape index (κ3) is 1.85. The van der Waals surface area contributed by atoms with Crippen molar-refractivity contribution in [2.24, 2.45) is 0 Å². The molecule has 0 aliphatic carbocycles. The fourth-order valence-corrected chi connectivity index (χ4v) is 3.34. The summed E-state index contributed by atoms with van der Waals surface area (Å²) in [7, 11) is -1.11. The van der Waals surface area contributed by atoms with E-state index in [0.717, 1.165) is 11.8 Å². The molecule has 2 nitrogen and oxygen atoms in total. The van der Waals surface area contributed by atoms with E-state index in [0.29, 0.717) is 0 Å². The van der Waals surface area contributed by atoms with E-state index < -0.39 is 9.04 Å². The highest BCUT2D eigenvalue weighted by molar-refractivity contribution is 6.60. The van der Waals surface area contributed by atoms with Crippen molar-refractivity contribution in [3.05, 3.63) is 11.5 Å². The Labute approximate surface area is 63.2 Å². The molecule has 1 saturated heterocycles. The molecule has 58 valence electrons. The molecule has 0 aromatic rings. The molecule has 1 rings (SSSR count). The molecule has 0 spiro atoms. The molecule has 0 amide bonds. The summed E-state index contributed by atoms with van der Waals surface area (Å²) in [6.45, 7) is 2.87. The van der Waals surface area contributed by atoms with E-state index in [4.69, 9.17) is 9.53 Å². The SMILES string of the molecule is C/C(=C/O)[SiH]1CCCCO1. The van der Waals surface area contributed by atoms with Crippen molar-refractivity contribution in [3.63, 3.8) is 0 Å². The van der Waals surface area contributed by atoms with Crippen molar-refractivity contribution < 1.29 is 9.53 Å². The smallest absolute Gasteiger partial charge is 0.206 e. The quantitative estimate of drug-likeness (QED) is 0.463. The third-order valence-electron chi connectivity index (χ3n) is 1.89. The van der Waals surface area contributed by atoms with E-state index in [9.17, 15) is 0 Å². The molecule has 1 aliphatic heterocycles. The molecule has 1 N–H and O–H groups in total. The summed E-state index contributed by atoms with van der Waals surface area (Å²) in [5, 5.41) is 9.76. The Morgan fingerprint density at radius 3 is 2.90 bits per heavy atom. The van der Waals surface area contributed by atoms with Gasteiger partial charge in [-0.3, -0.25) is 0 Å². The van der Waals surface area contributed by atoms with Crippen LogP contribution in [0.4, 0.5) is 0 Å². The third-order valence-corrected chi connectivity index (χ3v) is 4.63. The van der Waals surface area contributed by atoms with E-state index in [1.165, 1.54) is 25.1 Å². The average molecular weight is 158 g/mol. The van der Waals surface area contributed by atoms with Crippen LogP contribution in [0.25, 0.3) is 0 Å². The summed E-state index contributed by atoms with van der Waals surface area (Å²) in [5.74, 6) is 0. The first-order valence-corrected chi connectivity index (χ1v) is 5.63. The van der Waals surface area contributed by atoms with Gasteiger partial charge in [-0.1, -0.05) is 6.42 Å². The molecule has 1 fully saturated rings. The predicted octanol–water partition coefficient (Wildman–Crippen LogP) is 1.52. The summed E-state index contributed by atoms with van der Waals surface area (Å²) in [6.07, 6.45) is 3.69. The minimum atomic E-state index is -1.11. The van der Waals surface area contributed by atoms with E-state index in [-0.39, 0.29) is 0 Å². The van der Waals surface area contributed by atoms with Crippen LogP contribution in [0, 0.1) is 0 Å². The second kappa shape index (κ2) is 3.78. The van der Waals surface area contributed by atoms with E-state index >= 15 is 0 Å². The van der Waals surface area contributed by atoms with Crippen molar-refractivity contribution in [2.75, 3.05) is 6.61 Å². The highest BCUT2D eigenvalue weighted by atomic mass is 28.3. The van der Waals surface area contributed by atoms with Gasteiger partial charge in [-0.2, -0.15) is 0 Å². The van der Waals surface area contributed by atoms with Crippen LogP contribution in [0.5, 0.6) is 0 Å². The standard InChI is InChI=1S/C7H14O2Si/c1-7(6-8)10-5-3-2-4-9-10/h6,8,10H,2-5H2,1H3/b7-6-. The Kier molecular flexibility index (Phi) is 2.96. The molecule has 10 heavy (non-hydrogen) atoms. The molecule has 1 heterocycles. The number of aliphatic hydroxyl groups is 1. The summed E-state index contributed by atoms with van der Waals surface area (Å²) in [6, 6.07) is 1.20. The van der Waals surface area contributed by atoms with Crippen molar-refractivity contribution in [1.29, 1.82) is 0 Å². The molecular formula is C7H14O2Si. The van der Waals surface area contributed by atoms with Crippen molar-refractivity contribution >= 4 is 9.04 Å². The largest absolute Gasteiger partial charge is 0.516 e. The maximum Gasteiger partial charge on any atom is 0.206 e. The monoisotopic (exact) mass is 158 g/mol. The number of hydrogen-bond acceptors (Lipinski definition) is 2. The van der Waals surface area contributed by atoms with Crippen LogP contribution in [0.15, 0.2) is 11.5 Å². The highest BCUT2D eigenvalue weighted by Gasteiger charge is 2.17. The maximum atomic E-state index is 8.68.